The average Bonchev–Trinajstić information content (AvgIpc) is 3.07. The van der Waals surface area contributed by atoms with Crippen LogP contribution in [0.4, 0.5) is 50.0 Å². The summed E-state index contributed by atoms with van der Waals surface area (Å²) in [5.74, 6) is -1.72. The fraction of sp³-hybridized carbons (Fsp3) is 0.440. The molecule has 3 rings (SSSR count). The number of alkyl halides is 9. The lowest BCUT2D eigenvalue weighted by Gasteiger charge is -2.29. The van der Waals surface area contributed by atoms with Crippen molar-refractivity contribution in [2.24, 2.45) is 0 Å². The van der Waals surface area contributed by atoms with Gasteiger partial charge in [-0.15, -0.1) is 0 Å². The number of hydrogen-bond acceptors (Lipinski definition) is 3. The number of benzene rings is 2. The minimum absolute atomic E-state index is 0.0247. The van der Waals surface area contributed by atoms with Crippen molar-refractivity contribution in [3.05, 3.63) is 64.2 Å². The first-order valence-corrected chi connectivity index (χ1v) is 11.6. The number of anilines is 1. The van der Waals surface area contributed by atoms with Gasteiger partial charge in [-0.3, -0.25) is 9.69 Å². The molecule has 2 amide bonds. The zero-order valence-corrected chi connectivity index (χ0v) is 20.8. The van der Waals surface area contributed by atoms with Crippen molar-refractivity contribution in [1.29, 1.82) is 0 Å². The molecule has 0 saturated carbocycles. The number of carbonyl (C=O) groups is 2. The summed E-state index contributed by atoms with van der Waals surface area (Å²) >= 11 is 0. The lowest BCUT2D eigenvalue weighted by molar-refractivity contribution is -0.143. The van der Waals surface area contributed by atoms with E-state index in [1.807, 2.05) is 0 Å². The quantitative estimate of drug-likeness (QED) is 0.356. The van der Waals surface area contributed by atoms with E-state index in [0.29, 0.717) is 12.1 Å². The fourth-order valence-corrected chi connectivity index (χ4v) is 4.49. The lowest BCUT2D eigenvalue weighted by atomic mass is 9.93. The van der Waals surface area contributed by atoms with Gasteiger partial charge in [0.25, 0.3) is 0 Å². The highest BCUT2D eigenvalue weighted by molar-refractivity contribution is 5.92. The second kappa shape index (κ2) is 10.6. The number of amides is 2. The third kappa shape index (κ3) is 6.59. The number of carbonyl (C=O) groups excluding carboxylic acids is 2. The van der Waals surface area contributed by atoms with E-state index in [0.717, 1.165) is 34.9 Å². The van der Waals surface area contributed by atoms with Crippen LogP contribution in [-0.2, 0) is 34.6 Å². The van der Waals surface area contributed by atoms with Gasteiger partial charge in [-0.2, -0.15) is 39.5 Å². The number of halogens is 9. The summed E-state index contributed by atoms with van der Waals surface area (Å²) in [5.41, 5.74) is -4.55. The van der Waals surface area contributed by atoms with Crippen LogP contribution in [-0.4, -0.2) is 36.1 Å². The highest BCUT2D eigenvalue weighted by Crippen LogP contribution is 2.45. The number of ether oxygens (including phenoxy) is 1. The first-order valence-electron chi connectivity index (χ1n) is 11.6. The number of nitrogens with zero attached hydrogens (tertiary/aromatic N) is 2. The Morgan fingerprint density at radius 1 is 0.872 bits per heavy atom. The van der Waals surface area contributed by atoms with Crippen LogP contribution >= 0.6 is 0 Å². The Morgan fingerprint density at radius 3 is 1.87 bits per heavy atom. The molecule has 1 heterocycles. The monoisotopic (exact) mass is 570 g/mol. The molecule has 214 valence electrons. The Bertz CT molecular complexity index is 1210. The van der Waals surface area contributed by atoms with Crippen molar-refractivity contribution in [3.8, 4) is 0 Å². The molecule has 1 aliphatic heterocycles. The number of hydrogen-bond donors (Lipinski definition) is 0. The van der Waals surface area contributed by atoms with E-state index in [4.69, 9.17) is 4.74 Å². The molecular weight excluding hydrogens is 547 g/mol. The van der Waals surface area contributed by atoms with E-state index in [1.54, 1.807) is 0 Å². The molecule has 0 aliphatic carbocycles. The van der Waals surface area contributed by atoms with Gasteiger partial charge in [-0.1, -0.05) is 0 Å². The maximum absolute atomic E-state index is 13.5. The summed E-state index contributed by atoms with van der Waals surface area (Å²) in [6.07, 6.45) is -15.8. The Labute approximate surface area is 217 Å². The van der Waals surface area contributed by atoms with Crippen LogP contribution in [0, 0.1) is 0 Å². The van der Waals surface area contributed by atoms with E-state index >= 15 is 0 Å². The molecule has 2 aromatic rings. The van der Waals surface area contributed by atoms with E-state index < -0.39 is 77.8 Å². The molecule has 0 aromatic heterocycles. The number of rotatable bonds is 5. The standard InChI is InChI=1S/C25H23F9N2O3/c1-4-39-22(38)36-13(2)20(19-10-16(23(26,27)28)5-6-21(19)36)12-35(14(3)37)11-15-7-17(24(29,30)31)9-18(8-15)25(32,33)34/h5-10,13,20H,4,11-12H2,1-3H3/t13-,20-/m1/s1. The van der Waals surface area contributed by atoms with Gasteiger partial charge in [0.2, 0.25) is 5.91 Å². The summed E-state index contributed by atoms with van der Waals surface area (Å²) in [7, 11) is 0. The fourth-order valence-electron chi connectivity index (χ4n) is 4.49. The summed E-state index contributed by atoms with van der Waals surface area (Å²) in [4.78, 5) is 27.1. The molecule has 0 spiro atoms. The Balaban J connectivity index is 2.04. The molecule has 0 radical (unpaired) electrons. The van der Waals surface area contributed by atoms with Crippen molar-refractivity contribution < 1.29 is 53.8 Å². The highest BCUT2D eigenvalue weighted by Gasteiger charge is 2.43. The zero-order chi connectivity index (χ0) is 29.5. The molecule has 1 aliphatic rings. The molecule has 0 N–H and O–H groups in total. The second-order valence-corrected chi connectivity index (χ2v) is 9.00. The SMILES string of the molecule is CCOC(=O)N1c2ccc(C(F)(F)F)cc2[C@H](CN(Cc2cc(C(F)(F)F)cc(C(F)(F)F)c2)C(C)=O)[C@H]1C. The topological polar surface area (TPSA) is 49.9 Å². The Morgan fingerprint density at radius 2 is 1.41 bits per heavy atom. The second-order valence-electron chi connectivity index (χ2n) is 9.00. The van der Waals surface area contributed by atoms with Crippen molar-refractivity contribution in [1.82, 2.24) is 4.90 Å². The largest absolute Gasteiger partial charge is 0.449 e. The van der Waals surface area contributed by atoms with Crippen LogP contribution in [0.5, 0.6) is 0 Å². The average molecular weight is 570 g/mol. The van der Waals surface area contributed by atoms with Gasteiger partial charge < -0.3 is 9.64 Å². The van der Waals surface area contributed by atoms with Crippen molar-refractivity contribution >= 4 is 17.7 Å². The van der Waals surface area contributed by atoms with Gasteiger partial charge in [0.1, 0.15) is 0 Å². The van der Waals surface area contributed by atoms with E-state index in [-0.39, 0.29) is 23.9 Å². The van der Waals surface area contributed by atoms with Crippen LogP contribution in [0.25, 0.3) is 0 Å². The van der Waals surface area contributed by atoms with Crippen LogP contribution in [0.2, 0.25) is 0 Å². The molecule has 14 heteroatoms. The molecule has 0 unspecified atom stereocenters. The first-order chi connectivity index (χ1) is 17.8. The Kier molecular flexibility index (Phi) is 8.19. The molecule has 39 heavy (non-hydrogen) atoms. The summed E-state index contributed by atoms with van der Waals surface area (Å²) in [6.45, 7) is 2.88. The molecule has 2 atom stereocenters. The molecule has 5 nitrogen and oxygen atoms in total. The van der Waals surface area contributed by atoms with Gasteiger partial charge in [0.15, 0.2) is 0 Å². The van der Waals surface area contributed by atoms with Gasteiger partial charge in [-0.05, 0) is 61.4 Å². The molecule has 0 bridgehead atoms. The third-order valence-electron chi connectivity index (χ3n) is 6.35. The van der Waals surface area contributed by atoms with Crippen molar-refractivity contribution in [3.63, 3.8) is 0 Å². The Hall–Kier alpha value is -3.45. The summed E-state index contributed by atoms with van der Waals surface area (Å²) in [5, 5.41) is 0. The molecular formula is C25H23F9N2O3. The van der Waals surface area contributed by atoms with Crippen molar-refractivity contribution in [2.75, 3.05) is 18.1 Å². The third-order valence-corrected chi connectivity index (χ3v) is 6.35. The van der Waals surface area contributed by atoms with Gasteiger partial charge in [-0.25, -0.2) is 4.79 Å². The first kappa shape index (κ1) is 30.1. The molecule has 0 fully saturated rings. The normalized spacial score (nSPS) is 17.7. The summed E-state index contributed by atoms with van der Waals surface area (Å²) in [6, 6.07) is 2.69. The summed E-state index contributed by atoms with van der Waals surface area (Å²) < 4.78 is 125. The smallest absolute Gasteiger partial charge is 0.416 e. The van der Waals surface area contributed by atoms with Crippen LogP contribution in [0.3, 0.4) is 0 Å². The van der Waals surface area contributed by atoms with E-state index in [2.05, 4.69) is 0 Å². The van der Waals surface area contributed by atoms with Crippen LogP contribution < -0.4 is 4.90 Å². The van der Waals surface area contributed by atoms with E-state index in [9.17, 15) is 49.1 Å². The minimum Gasteiger partial charge on any atom is -0.449 e. The zero-order valence-electron chi connectivity index (χ0n) is 20.8. The molecule has 2 aromatic carbocycles. The molecule has 0 saturated heterocycles. The van der Waals surface area contributed by atoms with Gasteiger partial charge in [0, 0.05) is 32.0 Å². The predicted octanol–water partition coefficient (Wildman–Crippen LogP) is 7.24. The maximum Gasteiger partial charge on any atom is 0.416 e. The van der Waals surface area contributed by atoms with Crippen molar-refractivity contribution in [2.45, 2.75) is 57.8 Å². The van der Waals surface area contributed by atoms with Crippen LogP contribution in [0.1, 0.15) is 54.5 Å². The van der Waals surface area contributed by atoms with Gasteiger partial charge in [0.05, 0.1) is 29.0 Å². The maximum atomic E-state index is 13.5. The van der Waals surface area contributed by atoms with E-state index in [1.165, 1.54) is 13.8 Å². The van der Waals surface area contributed by atoms with Gasteiger partial charge >= 0.3 is 24.6 Å². The minimum atomic E-state index is -5.11. The number of fused-ring (bicyclic) bond motifs is 1. The highest BCUT2D eigenvalue weighted by atomic mass is 19.4. The predicted molar refractivity (Wildman–Crippen MR) is 121 cm³/mol. The lowest BCUT2D eigenvalue weighted by Crippen LogP contribution is -2.41. The van der Waals surface area contributed by atoms with Crippen LogP contribution in [0.15, 0.2) is 36.4 Å².